The van der Waals surface area contributed by atoms with Crippen LogP contribution in [-0.4, -0.2) is 10.1 Å². The molecular weight excluding hydrogens is 154 g/mol. The second kappa shape index (κ2) is 2.27. The van der Waals surface area contributed by atoms with E-state index < -0.39 is 0 Å². The summed E-state index contributed by atoms with van der Waals surface area (Å²) in [6, 6.07) is 0. The van der Waals surface area contributed by atoms with Gasteiger partial charge in [0.1, 0.15) is 11.2 Å². The third kappa shape index (κ3) is 0.809. The van der Waals surface area contributed by atoms with Gasteiger partial charge < -0.3 is 15.2 Å². The average Bonchev–Trinajstić information content (AvgIpc) is 2.53. The smallest absolute Gasteiger partial charge is 0.207 e. The van der Waals surface area contributed by atoms with Gasteiger partial charge in [0.05, 0.1) is 5.69 Å². The lowest BCUT2D eigenvalue weighted by Gasteiger charge is -1.95. The molecule has 2 aromatic rings. The molecule has 0 unspecified atom stereocenters. The number of fused-ring (bicyclic) bond motifs is 1. The lowest BCUT2D eigenvalue weighted by atomic mass is 10.1. The van der Waals surface area contributed by atoms with Gasteiger partial charge >= 0.3 is 0 Å². The summed E-state index contributed by atoms with van der Waals surface area (Å²) >= 11 is 0. The molecule has 0 bridgehead atoms. The Bertz CT molecular complexity index is 399. The van der Waals surface area contributed by atoms with Crippen molar-refractivity contribution in [3.8, 4) is 0 Å². The van der Waals surface area contributed by atoms with E-state index in [1.165, 1.54) is 0 Å². The van der Waals surface area contributed by atoms with Crippen molar-refractivity contribution in [3.05, 3.63) is 11.9 Å². The second-order valence-corrected chi connectivity index (χ2v) is 3.17. The summed E-state index contributed by atoms with van der Waals surface area (Å²) in [5, 5.41) is 3.93. The molecule has 0 fully saturated rings. The zero-order valence-electron chi connectivity index (χ0n) is 7.09. The maximum atomic E-state index is 5.62. The number of nitrogens with two attached hydrogens (primary N) is 1. The number of aromatic amines is 1. The van der Waals surface area contributed by atoms with Crippen LogP contribution in [0.1, 0.15) is 25.5 Å². The first-order chi connectivity index (χ1) is 5.70. The number of nitrogen functional groups attached to an aromatic ring is 1. The molecule has 0 aliphatic rings. The zero-order valence-corrected chi connectivity index (χ0v) is 7.09. The molecule has 4 heteroatoms. The highest BCUT2D eigenvalue weighted by atomic mass is 16.5. The number of hydrogen-bond donors (Lipinski definition) is 2. The summed E-state index contributed by atoms with van der Waals surface area (Å²) in [7, 11) is 0. The van der Waals surface area contributed by atoms with Crippen LogP contribution < -0.4 is 5.73 Å². The molecule has 4 nitrogen and oxygen atoms in total. The molecule has 0 atom stereocenters. The fraction of sp³-hybridized carbons (Fsp3) is 0.375. The third-order valence-corrected chi connectivity index (χ3v) is 1.90. The number of hydrogen-bond acceptors (Lipinski definition) is 3. The Hall–Kier alpha value is -1.45. The van der Waals surface area contributed by atoms with Crippen molar-refractivity contribution < 1.29 is 4.52 Å². The van der Waals surface area contributed by atoms with E-state index in [0.717, 1.165) is 11.2 Å². The zero-order chi connectivity index (χ0) is 8.72. The minimum atomic E-state index is 0.351. The highest BCUT2D eigenvalue weighted by Crippen LogP contribution is 2.27. The van der Waals surface area contributed by atoms with Gasteiger partial charge in [-0.05, 0) is 0 Å². The van der Waals surface area contributed by atoms with Crippen molar-refractivity contribution in [1.29, 1.82) is 0 Å². The summed E-state index contributed by atoms with van der Waals surface area (Å²) in [6.45, 7) is 4.13. The molecule has 0 aliphatic carbocycles. The van der Waals surface area contributed by atoms with E-state index in [1.54, 1.807) is 6.20 Å². The molecule has 64 valence electrons. The lowest BCUT2D eigenvalue weighted by Crippen LogP contribution is -1.86. The van der Waals surface area contributed by atoms with Gasteiger partial charge in [-0.3, -0.25) is 0 Å². The second-order valence-electron chi connectivity index (χ2n) is 3.17. The Labute approximate surface area is 69.7 Å². The van der Waals surface area contributed by atoms with Gasteiger partial charge in [0.2, 0.25) is 5.58 Å². The molecule has 0 radical (unpaired) electrons. The van der Waals surface area contributed by atoms with Gasteiger partial charge in [0, 0.05) is 12.1 Å². The van der Waals surface area contributed by atoms with Crippen LogP contribution in [-0.2, 0) is 0 Å². The molecule has 2 rings (SSSR count). The fourth-order valence-corrected chi connectivity index (χ4v) is 1.25. The molecule has 2 aromatic heterocycles. The van der Waals surface area contributed by atoms with E-state index in [9.17, 15) is 0 Å². The molecule has 0 aliphatic heterocycles. The summed E-state index contributed by atoms with van der Waals surface area (Å²) in [4.78, 5) is 3.04. The molecule has 0 aromatic carbocycles. The molecular formula is C8H11N3O. The Morgan fingerprint density at radius 3 is 3.00 bits per heavy atom. The largest absolute Gasteiger partial charge is 0.394 e. The van der Waals surface area contributed by atoms with E-state index in [0.29, 0.717) is 17.2 Å². The third-order valence-electron chi connectivity index (χ3n) is 1.90. The Kier molecular flexibility index (Phi) is 1.36. The van der Waals surface area contributed by atoms with Crippen molar-refractivity contribution in [2.45, 2.75) is 19.8 Å². The fourth-order valence-electron chi connectivity index (χ4n) is 1.25. The van der Waals surface area contributed by atoms with E-state index in [1.807, 2.05) is 0 Å². The van der Waals surface area contributed by atoms with Gasteiger partial charge in [-0.2, -0.15) is 0 Å². The summed E-state index contributed by atoms with van der Waals surface area (Å²) in [5.74, 6) is 0.351. The van der Waals surface area contributed by atoms with Crippen LogP contribution in [0.3, 0.4) is 0 Å². The minimum absolute atomic E-state index is 0.351. The summed E-state index contributed by atoms with van der Waals surface area (Å²) in [6.07, 6.45) is 1.72. The molecule has 12 heavy (non-hydrogen) atoms. The SMILES string of the molecule is CC(C)c1noc2c(N)c[nH]c12. The predicted molar refractivity (Wildman–Crippen MR) is 46.9 cm³/mol. The number of anilines is 1. The summed E-state index contributed by atoms with van der Waals surface area (Å²) in [5.41, 5.74) is 8.76. The van der Waals surface area contributed by atoms with Crippen molar-refractivity contribution in [1.82, 2.24) is 10.1 Å². The number of nitrogens with zero attached hydrogens (tertiary/aromatic N) is 1. The van der Waals surface area contributed by atoms with Gasteiger partial charge in [0.15, 0.2) is 0 Å². The van der Waals surface area contributed by atoms with Crippen LogP contribution in [0.15, 0.2) is 10.7 Å². The minimum Gasteiger partial charge on any atom is -0.394 e. The Morgan fingerprint density at radius 2 is 2.33 bits per heavy atom. The first-order valence-corrected chi connectivity index (χ1v) is 3.92. The highest BCUT2D eigenvalue weighted by Gasteiger charge is 2.14. The molecule has 0 saturated heterocycles. The monoisotopic (exact) mass is 165 g/mol. The maximum Gasteiger partial charge on any atom is 0.207 e. The van der Waals surface area contributed by atoms with Crippen LogP contribution >= 0.6 is 0 Å². The van der Waals surface area contributed by atoms with E-state index in [4.69, 9.17) is 10.3 Å². The normalized spacial score (nSPS) is 11.6. The maximum absolute atomic E-state index is 5.62. The number of rotatable bonds is 1. The average molecular weight is 165 g/mol. The van der Waals surface area contributed by atoms with Crippen LogP contribution in [0.2, 0.25) is 0 Å². The molecule has 0 amide bonds. The molecule has 0 saturated carbocycles. The number of H-pyrrole nitrogens is 1. The number of aromatic nitrogens is 2. The number of nitrogens with one attached hydrogen (secondary N) is 1. The van der Waals surface area contributed by atoms with Crippen molar-refractivity contribution >= 4 is 16.8 Å². The van der Waals surface area contributed by atoms with Crippen LogP contribution in [0.5, 0.6) is 0 Å². The van der Waals surface area contributed by atoms with Crippen molar-refractivity contribution in [2.24, 2.45) is 0 Å². The molecule has 0 spiro atoms. The van der Waals surface area contributed by atoms with Gasteiger partial charge in [-0.1, -0.05) is 19.0 Å². The van der Waals surface area contributed by atoms with Crippen molar-refractivity contribution in [2.75, 3.05) is 5.73 Å². The van der Waals surface area contributed by atoms with E-state index in [-0.39, 0.29) is 0 Å². The highest BCUT2D eigenvalue weighted by molar-refractivity contribution is 5.87. The lowest BCUT2D eigenvalue weighted by molar-refractivity contribution is 0.442. The quantitative estimate of drug-likeness (QED) is 0.677. The van der Waals surface area contributed by atoms with E-state index in [2.05, 4.69) is 24.0 Å². The standard InChI is InChI=1S/C8H11N3O/c1-4(2)6-7-8(12-11-6)5(9)3-10-7/h3-4,10H,9H2,1-2H3. The van der Waals surface area contributed by atoms with Crippen LogP contribution in [0.4, 0.5) is 5.69 Å². The predicted octanol–water partition coefficient (Wildman–Crippen LogP) is 1.86. The molecule has 2 heterocycles. The van der Waals surface area contributed by atoms with Gasteiger partial charge in [-0.25, -0.2) is 0 Å². The van der Waals surface area contributed by atoms with Crippen LogP contribution in [0, 0.1) is 0 Å². The van der Waals surface area contributed by atoms with Gasteiger partial charge in [-0.15, -0.1) is 0 Å². The van der Waals surface area contributed by atoms with Gasteiger partial charge in [0.25, 0.3) is 0 Å². The Morgan fingerprint density at radius 1 is 1.58 bits per heavy atom. The first kappa shape index (κ1) is 7.21. The Balaban J connectivity index is 2.71. The molecule has 3 N–H and O–H groups in total. The van der Waals surface area contributed by atoms with Crippen molar-refractivity contribution in [3.63, 3.8) is 0 Å². The first-order valence-electron chi connectivity index (χ1n) is 3.92. The summed E-state index contributed by atoms with van der Waals surface area (Å²) < 4.78 is 5.07. The van der Waals surface area contributed by atoms with Crippen LogP contribution in [0.25, 0.3) is 11.1 Å². The van der Waals surface area contributed by atoms with E-state index >= 15 is 0 Å². The topological polar surface area (TPSA) is 67.8 Å².